The van der Waals surface area contributed by atoms with Crippen molar-refractivity contribution < 1.29 is 14.4 Å². The summed E-state index contributed by atoms with van der Waals surface area (Å²) in [7, 11) is 0. The van der Waals surface area contributed by atoms with Crippen LogP contribution in [0.5, 0.6) is 0 Å². The molecule has 0 bridgehead atoms. The molecule has 2 unspecified atom stereocenters. The largest absolute Gasteiger partial charge is 0.293 e. The first kappa shape index (κ1) is 21.0. The molecule has 0 aliphatic heterocycles. The SMILES string of the molecule is O=C(c1ccccc1)C(C(=O)c1ccccn1)C(C(=O)c1ccccn1)c1ccccc1. The number of pyridine rings is 2. The molecule has 2 heterocycles. The number of hydrogen-bond acceptors (Lipinski definition) is 5. The van der Waals surface area contributed by atoms with Gasteiger partial charge in [0.1, 0.15) is 17.3 Å². The molecule has 4 aromatic rings. The average molecular weight is 420 g/mol. The van der Waals surface area contributed by atoms with Crippen LogP contribution in [0.1, 0.15) is 42.8 Å². The molecule has 2 aromatic heterocycles. The van der Waals surface area contributed by atoms with Gasteiger partial charge in [-0.3, -0.25) is 24.4 Å². The topological polar surface area (TPSA) is 77.0 Å². The van der Waals surface area contributed by atoms with Crippen molar-refractivity contribution in [2.24, 2.45) is 5.92 Å². The van der Waals surface area contributed by atoms with Gasteiger partial charge in [-0.25, -0.2) is 0 Å². The van der Waals surface area contributed by atoms with Crippen LogP contribution in [-0.4, -0.2) is 27.3 Å². The van der Waals surface area contributed by atoms with E-state index in [1.165, 1.54) is 12.4 Å². The van der Waals surface area contributed by atoms with Gasteiger partial charge in [0, 0.05) is 18.0 Å². The first-order valence-corrected chi connectivity index (χ1v) is 10.2. The Balaban J connectivity index is 1.89. The zero-order chi connectivity index (χ0) is 22.3. The molecule has 0 saturated heterocycles. The molecule has 156 valence electrons. The van der Waals surface area contributed by atoms with Crippen LogP contribution in [-0.2, 0) is 0 Å². The third kappa shape index (κ3) is 4.42. The highest BCUT2D eigenvalue weighted by Crippen LogP contribution is 2.33. The molecular formula is C27H20N2O3. The number of nitrogens with zero attached hydrogens (tertiary/aromatic N) is 2. The second-order valence-corrected chi connectivity index (χ2v) is 7.25. The molecule has 32 heavy (non-hydrogen) atoms. The molecule has 5 nitrogen and oxygen atoms in total. The van der Waals surface area contributed by atoms with Crippen molar-refractivity contribution in [3.8, 4) is 0 Å². The predicted octanol–water partition coefficient (Wildman–Crippen LogP) is 4.83. The minimum absolute atomic E-state index is 0.136. The van der Waals surface area contributed by atoms with Crippen LogP contribution in [0.25, 0.3) is 0 Å². The molecule has 0 aliphatic rings. The van der Waals surface area contributed by atoms with Gasteiger partial charge in [0.05, 0.1) is 5.92 Å². The Bertz CT molecular complexity index is 1160. The lowest BCUT2D eigenvalue weighted by molar-refractivity contribution is 0.0728. The molecule has 2 aromatic carbocycles. The van der Waals surface area contributed by atoms with E-state index in [2.05, 4.69) is 9.97 Å². The summed E-state index contributed by atoms with van der Waals surface area (Å²) in [5.74, 6) is -3.66. The minimum atomic E-state index is -1.29. The molecule has 0 aliphatic carbocycles. The fraction of sp³-hybridized carbons (Fsp3) is 0.0741. The summed E-state index contributed by atoms with van der Waals surface area (Å²) >= 11 is 0. The molecule has 0 amide bonds. The standard InChI is InChI=1S/C27H20N2O3/c30-25(20-13-5-2-6-14-20)24(27(32)22-16-8-10-18-29-22)23(19-11-3-1-4-12-19)26(31)21-15-7-9-17-28-21/h1-18,23-24H. The maximum atomic E-state index is 13.7. The van der Waals surface area contributed by atoms with E-state index >= 15 is 0 Å². The summed E-state index contributed by atoms with van der Waals surface area (Å²) in [4.78, 5) is 49.4. The van der Waals surface area contributed by atoms with Crippen LogP contribution in [0.2, 0.25) is 0 Å². The molecular weight excluding hydrogens is 400 g/mol. The molecule has 0 fully saturated rings. The van der Waals surface area contributed by atoms with Crippen molar-refractivity contribution in [2.45, 2.75) is 5.92 Å². The number of aromatic nitrogens is 2. The van der Waals surface area contributed by atoms with Crippen molar-refractivity contribution in [3.05, 3.63) is 132 Å². The highest BCUT2D eigenvalue weighted by Gasteiger charge is 2.41. The van der Waals surface area contributed by atoms with Gasteiger partial charge < -0.3 is 0 Å². The third-order valence-electron chi connectivity index (χ3n) is 5.23. The van der Waals surface area contributed by atoms with E-state index in [9.17, 15) is 14.4 Å². The molecule has 5 heteroatoms. The second-order valence-electron chi connectivity index (χ2n) is 7.25. The van der Waals surface area contributed by atoms with Crippen LogP contribution >= 0.6 is 0 Å². The molecule has 2 atom stereocenters. The number of ketones is 3. The summed E-state index contributed by atoms with van der Waals surface area (Å²) in [6.45, 7) is 0. The van der Waals surface area contributed by atoms with Crippen LogP contribution in [0, 0.1) is 5.92 Å². The summed E-state index contributed by atoms with van der Waals surface area (Å²) in [6, 6.07) is 27.4. The lowest BCUT2D eigenvalue weighted by Crippen LogP contribution is -2.35. The van der Waals surface area contributed by atoms with Gasteiger partial charge in [0.15, 0.2) is 17.3 Å². The van der Waals surface area contributed by atoms with E-state index in [-0.39, 0.29) is 11.4 Å². The number of carbonyl (C=O) groups is 3. The Labute approximate surface area is 185 Å². The zero-order valence-electron chi connectivity index (χ0n) is 17.2. The van der Waals surface area contributed by atoms with Gasteiger partial charge in [0.2, 0.25) is 0 Å². The smallest absolute Gasteiger partial charge is 0.193 e. The minimum Gasteiger partial charge on any atom is -0.293 e. The Morgan fingerprint density at radius 1 is 0.531 bits per heavy atom. The normalized spacial score (nSPS) is 12.5. The lowest BCUT2D eigenvalue weighted by Gasteiger charge is -2.24. The second kappa shape index (κ2) is 9.71. The lowest BCUT2D eigenvalue weighted by atomic mass is 9.75. The van der Waals surface area contributed by atoms with Gasteiger partial charge in [-0.05, 0) is 29.8 Å². The third-order valence-corrected chi connectivity index (χ3v) is 5.23. The van der Waals surface area contributed by atoms with Crippen molar-refractivity contribution in [2.75, 3.05) is 0 Å². The molecule has 0 N–H and O–H groups in total. The van der Waals surface area contributed by atoms with Crippen LogP contribution in [0.4, 0.5) is 0 Å². The number of rotatable bonds is 8. The Morgan fingerprint density at radius 3 is 1.56 bits per heavy atom. The Hall–Kier alpha value is -4.25. The predicted molar refractivity (Wildman–Crippen MR) is 121 cm³/mol. The highest BCUT2D eigenvalue weighted by molar-refractivity contribution is 6.20. The summed E-state index contributed by atoms with van der Waals surface area (Å²) in [6.07, 6.45) is 3.01. The van der Waals surface area contributed by atoms with Crippen molar-refractivity contribution in [1.82, 2.24) is 9.97 Å². The van der Waals surface area contributed by atoms with Crippen LogP contribution in [0.15, 0.2) is 109 Å². The number of hydrogen-bond donors (Lipinski definition) is 0. The van der Waals surface area contributed by atoms with Crippen molar-refractivity contribution >= 4 is 17.3 Å². The van der Waals surface area contributed by atoms with Gasteiger partial charge >= 0.3 is 0 Å². The Kier molecular flexibility index (Phi) is 6.37. The van der Waals surface area contributed by atoms with E-state index in [4.69, 9.17) is 0 Å². The van der Waals surface area contributed by atoms with Gasteiger partial charge in [-0.2, -0.15) is 0 Å². The van der Waals surface area contributed by atoms with Crippen molar-refractivity contribution in [3.63, 3.8) is 0 Å². The first-order valence-electron chi connectivity index (χ1n) is 10.2. The van der Waals surface area contributed by atoms with Crippen LogP contribution < -0.4 is 0 Å². The first-order chi connectivity index (χ1) is 15.7. The van der Waals surface area contributed by atoms with Crippen LogP contribution in [0.3, 0.4) is 0 Å². The van der Waals surface area contributed by atoms with E-state index in [1.54, 1.807) is 91.0 Å². The summed E-state index contributed by atoms with van der Waals surface area (Å²) in [5.41, 5.74) is 1.26. The Morgan fingerprint density at radius 2 is 1.03 bits per heavy atom. The summed E-state index contributed by atoms with van der Waals surface area (Å²) < 4.78 is 0. The van der Waals surface area contributed by atoms with E-state index in [0.29, 0.717) is 11.1 Å². The zero-order valence-corrected chi connectivity index (χ0v) is 17.2. The molecule has 0 saturated carbocycles. The fourth-order valence-electron chi connectivity index (χ4n) is 3.70. The maximum absolute atomic E-state index is 13.7. The highest BCUT2D eigenvalue weighted by atomic mass is 16.2. The summed E-state index contributed by atoms with van der Waals surface area (Å²) in [5, 5.41) is 0. The van der Waals surface area contributed by atoms with E-state index in [0.717, 1.165) is 0 Å². The monoisotopic (exact) mass is 420 g/mol. The number of Topliss-reactive ketones (excluding diaryl/α,β-unsaturated/α-hetero) is 3. The van der Waals surface area contributed by atoms with Gasteiger partial charge in [-0.15, -0.1) is 0 Å². The molecule has 0 radical (unpaired) electrons. The van der Waals surface area contributed by atoms with Crippen molar-refractivity contribution in [1.29, 1.82) is 0 Å². The fourth-order valence-corrected chi connectivity index (χ4v) is 3.70. The van der Waals surface area contributed by atoms with E-state index in [1.807, 2.05) is 6.07 Å². The molecule has 4 rings (SSSR count). The molecule has 0 spiro atoms. The number of carbonyl (C=O) groups excluding carboxylic acids is 3. The average Bonchev–Trinajstić information content (AvgIpc) is 2.88. The quantitative estimate of drug-likeness (QED) is 0.302. The van der Waals surface area contributed by atoms with E-state index < -0.39 is 29.2 Å². The maximum Gasteiger partial charge on any atom is 0.193 e. The van der Waals surface area contributed by atoms with Gasteiger partial charge in [0.25, 0.3) is 0 Å². The number of benzene rings is 2. The van der Waals surface area contributed by atoms with Gasteiger partial charge in [-0.1, -0.05) is 72.8 Å².